The van der Waals surface area contributed by atoms with Crippen molar-refractivity contribution in [2.75, 3.05) is 18.5 Å². The highest BCUT2D eigenvalue weighted by molar-refractivity contribution is 7.89. The number of aliphatic hydroxyl groups excluding tert-OH is 1. The van der Waals surface area contributed by atoms with Gasteiger partial charge in [0.15, 0.2) is 0 Å². The molecular formula is C11H14N2O4S. The van der Waals surface area contributed by atoms with E-state index in [2.05, 4.69) is 10.0 Å². The number of nitrogens with one attached hydrogen (secondary N) is 2. The Balaban J connectivity index is 2.19. The summed E-state index contributed by atoms with van der Waals surface area (Å²) in [7, 11) is -3.57. The van der Waals surface area contributed by atoms with Crippen LogP contribution in [-0.4, -0.2) is 32.6 Å². The van der Waals surface area contributed by atoms with E-state index in [4.69, 9.17) is 5.11 Å². The fourth-order valence-electron chi connectivity index (χ4n) is 1.74. The first-order chi connectivity index (χ1) is 8.53. The summed E-state index contributed by atoms with van der Waals surface area (Å²) in [4.78, 5) is 11.3. The second-order valence-corrected chi connectivity index (χ2v) is 5.79. The van der Waals surface area contributed by atoms with Gasteiger partial charge in [0, 0.05) is 18.8 Å². The van der Waals surface area contributed by atoms with E-state index in [-0.39, 0.29) is 30.4 Å². The maximum atomic E-state index is 11.9. The fraction of sp³-hybridized carbons (Fsp3) is 0.364. The second-order valence-electron chi connectivity index (χ2n) is 4.02. The van der Waals surface area contributed by atoms with Gasteiger partial charge in [-0.25, -0.2) is 13.1 Å². The molecule has 0 aliphatic carbocycles. The quantitative estimate of drug-likeness (QED) is 0.648. The molecule has 7 heteroatoms. The zero-order valence-corrected chi connectivity index (χ0v) is 10.5. The van der Waals surface area contributed by atoms with E-state index in [9.17, 15) is 13.2 Å². The van der Waals surface area contributed by atoms with Gasteiger partial charge in [0.05, 0.1) is 11.3 Å². The van der Waals surface area contributed by atoms with Crippen LogP contribution >= 0.6 is 0 Å². The van der Waals surface area contributed by atoms with E-state index in [0.717, 1.165) is 0 Å². The molecule has 18 heavy (non-hydrogen) atoms. The van der Waals surface area contributed by atoms with E-state index in [0.29, 0.717) is 17.7 Å². The van der Waals surface area contributed by atoms with Gasteiger partial charge in [-0.2, -0.15) is 0 Å². The standard InChI is InChI=1S/C11H14N2O4S/c14-5-1-4-12-18(16,17)9-2-3-10-8(6-9)7-11(15)13-10/h2-3,6,12,14H,1,4-5,7H2,(H,13,15). The van der Waals surface area contributed by atoms with Crippen molar-refractivity contribution in [2.45, 2.75) is 17.7 Å². The average Bonchev–Trinajstić information content (AvgIpc) is 2.68. The Morgan fingerprint density at radius 1 is 1.39 bits per heavy atom. The van der Waals surface area contributed by atoms with Crippen LogP contribution in [0.3, 0.4) is 0 Å². The van der Waals surface area contributed by atoms with Gasteiger partial charge in [-0.15, -0.1) is 0 Å². The third-order valence-electron chi connectivity index (χ3n) is 2.64. The Kier molecular flexibility index (Phi) is 3.65. The smallest absolute Gasteiger partial charge is 0.240 e. The Morgan fingerprint density at radius 3 is 2.89 bits per heavy atom. The van der Waals surface area contributed by atoms with Crippen LogP contribution in [0.5, 0.6) is 0 Å². The number of sulfonamides is 1. The molecule has 1 aliphatic heterocycles. The lowest BCUT2D eigenvalue weighted by molar-refractivity contribution is -0.115. The number of carbonyl (C=O) groups excluding carboxylic acids is 1. The predicted octanol–water partition coefficient (Wildman–Crippen LogP) is -0.158. The van der Waals surface area contributed by atoms with Gasteiger partial charge < -0.3 is 10.4 Å². The van der Waals surface area contributed by atoms with E-state index >= 15 is 0 Å². The molecule has 98 valence electrons. The molecule has 0 fully saturated rings. The number of fused-ring (bicyclic) bond motifs is 1. The first kappa shape index (κ1) is 13.0. The molecule has 0 unspecified atom stereocenters. The lowest BCUT2D eigenvalue weighted by atomic mass is 10.2. The van der Waals surface area contributed by atoms with Crippen LogP contribution in [0.1, 0.15) is 12.0 Å². The van der Waals surface area contributed by atoms with Gasteiger partial charge in [0.2, 0.25) is 15.9 Å². The van der Waals surface area contributed by atoms with Gasteiger partial charge in [-0.05, 0) is 30.2 Å². The maximum absolute atomic E-state index is 11.9. The van der Waals surface area contributed by atoms with Gasteiger partial charge in [-0.3, -0.25) is 4.79 Å². The summed E-state index contributed by atoms with van der Waals surface area (Å²) in [6.07, 6.45) is 0.569. The number of benzene rings is 1. The van der Waals surface area contributed by atoms with E-state index in [1.807, 2.05) is 0 Å². The van der Waals surface area contributed by atoms with Gasteiger partial charge in [-0.1, -0.05) is 0 Å². The summed E-state index contributed by atoms with van der Waals surface area (Å²) in [6.45, 7) is 0.123. The monoisotopic (exact) mass is 270 g/mol. The molecule has 0 saturated carbocycles. The average molecular weight is 270 g/mol. The van der Waals surface area contributed by atoms with Crippen LogP contribution in [-0.2, 0) is 21.2 Å². The number of amides is 1. The van der Waals surface area contributed by atoms with Crippen molar-refractivity contribution >= 4 is 21.6 Å². The third kappa shape index (κ3) is 2.69. The Morgan fingerprint density at radius 2 is 2.17 bits per heavy atom. The van der Waals surface area contributed by atoms with Crippen LogP contribution in [0, 0.1) is 0 Å². The molecule has 1 aliphatic rings. The Hall–Kier alpha value is -1.44. The number of aliphatic hydroxyl groups is 1. The first-order valence-electron chi connectivity index (χ1n) is 5.56. The molecule has 6 nitrogen and oxygen atoms in total. The van der Waals surface area contributed by atoms with Crippen molar-refractivity contribution in [1.29, 1.82) is 0 Å². The minimum atomic E-state index is -3.57. The molecule has 0 saturated heterocycles. The summed E-state index contributed by atoms with van der Waals surface area (Å²) in [5.74, 6) is -0.132. The number of hydrogen-bond acceptors (Lipinski definition) is 4. The summed E-state index contributed by atoms with van der Waals surface area (Å²) in [5.41, 5.74) is 1.35. The van der Waals surface area contributed by atoms with E-state index < -0.39 is 10.0 Å². The number of hydrogen-bond donors (Lipinski definition) is 3. The molecule has 1 heterocycles. The van der Waals surface area contributed by atoms with Crippen molar-refractivity contribution < 1.29 is 18.3 Å². The molecule has 1 aromatic rings. The van der Waals surface area contributed by atoms with Crippen molar-refractivity contribution in [1.82, 2.24) is 4.72 Å². The van der Waals surface area contributed by atoms with Crippen molar-refractivity contribution in [2.24, 2.45) is 0 Å². The van der Waals surface area contributed by atoms with Gasteiger partial charge in [0.25, 0.3) is 0 Å². The largest absolute Gasteiger partial charge is 0.396 e. The predicted molar refractivity (Wildman–Crippen MR) is 65.7 cm³/mol. The number of rotatable bonds is 5. The molecule has 0 spiro atoms. The minimum absolute atomic E-state index is 0.0644. The normalized spacial score (nSPS) is 14.4. The van der Waals surface area contributed by atoms with Crippen LogP contribution in [0.15, 0.2) is 23.1 Å². The zero-order chi connectivity index (χ0) is 13.2. The molecule has 0 radical (unpaired) electrons. The van der Waals surface area contributed by atoms with E-state index in [1.165, 1.54) is 12.1 Å². The highest BCUT2D eigenvalue weighted by atomic mass is 32.2. The van der Waals surface area contributed by atoms with E-state index in [1.54, 1.807) is 6.07 Å². The number of carbonyl (C=O) groups is 1. The van der Waals surface area contributed by atoms with Crippen LogP contribution in [0.25, 0.3) is 0 Å². The first-order valence-corrected chi connectivity index (χ1v) is 7.04. The lowest BCUT2D eigenvalue weighted by Crippen LogP contribution is -2.25. The molecular weight excluding hydrogens is 256 g/mol. The molecule has 0 aromatic heterocycles. The zero-order valence-electron chi connectivity index (χ0n) is 9.64. The fourth-order valence-corrected chi connectivity index (χ4v) is 2.87. The van der Waals surface area contributed by atoms with Gasteiger partial charge in [0.1, 0.15) is 0 Å². The van der Waals surface area contributed by atoms with Crippen LogP contribution < -0.4 is 10.0 Å². The minimum Gasteiger partial charge on any atom is -0.396 e. The Bertz CT molecular complexity index is 568. The highest BCUT2D eigenvalue weighted by Crippen LogP contribution is 2.25. The highest BCUT2D eigenvalue weighted by Gasteiger charge is 2.21. The SMILES string of the molecule is O=C1Cc2cc(S(=O)(=O)NCCCO)ccc2N1. The molecule has 1 aromatic carbocycles. The maximum Gasteiger partial charge on any atom is 0.240 e. The van der Waals surface area contributed by atoms with Gasteiger partial charge >= 0.3 is 0 Å². The Labute approximate surface area is 105 Å². The van der Waals surface area contributed by atoms with Crippen molar-refractivity contribution in [3.05, 3.63) is 23.8 Å². The van der Waals surface area contributed by atoms with Crippen LogP contribution in [0.4, 0.5) is 5.69 Å². The third-order valence-corrected chi connectivity index (χ3v) is 4.10. The lowest BCUT2D eigenvalue weighted by Gasteiger charge is -2.07. The second kappa shape index (κ2) is 5.05. The summed E-state index contributed by atoms with van der Waals surface area (Å²) in [6, 6.07) is 4.53. The van der Waals surface area contributed by atoms with Crippen LogP contribution in [0.2, 0.25) is 0 Å². The molecule has 0 bridgehead atoms. The summed E-state index contributed by atoms with van der Waals surface area (Å²) >= 11 is 0. The van der Waals surface area contributed by atoms with Crippen molar-refractivity contribution in [3.63, 3.8) is 0 Å². The molecule has 3 N–H and O–H groups in total. The van der Waals surface area contributed by atoms with Crippen molar-refractivity contribution in [3.8, 4) is 0 Å². The summed E-state index contributed by atoms with van der Waals surface area (Å²) in [5, 5.41) is 11.3. The number of anilines is 1. The molecule has 2 rings (SSSR count). The molecule has 0 atom stereocenters. The topological polar surface area (TPSA) is 95.5 Å². The summed E-state index contributed by atoms with van der Waals surface area (Å²) < 4.78 is 26.2. The molecule has 1 amide bonds.